The van der Waals surface area contributed by atoms with E-state index in [1.807, 2.05) is 12.1 Å². The zero-order valence-electron chi connectivity index (χ0n) is 13.6. The lowest BCUT2D eigenvalue weighted by Crippen LogP contribution is -2.45. The van der Waals surface area contributed by atoms with Gasteiger partial charge >= 0.3 is 0 Å². The molecule has 1 aromatic carbocycles. The Hall–Kier alpha value is -1.33. The molecule has 112 valence electrons. The Morgan fingerprint density at radius 3 is 2.38 bits per heavy atom. The molecule has 0 radical (unpaired) electrons. The molecule has 4 unspecified atom stereocenters. The second-order valence-corrected chi connectivity index (χ2v) is 7.79. The predicted octanol–water partition coefficient (Wildman–Crippen LogP) is 4.42. The van der Waals surface area contributed by atoms with Crippen LogP contribution in [0.4, 0.5) is 0 Å². The monoisotopic (exact) mass is 282 g/mol. The highest BCUT2D eigenvalue weighted by molar-refractivity contribution is 5.32. The van der Waals surface area contributed by atoms with Gasteiger partial charge in [-0.1, -0.05) is 32.9 Å². The maximum Gasteiger partial charge on any atom is 0.0991 e. The predicted molar refractivity (Wildman–Crippen MR) is 85.7 cm³/mol. The first-order valence-corrected chi connectivity index (χ1v) is 8.14. The fraction of sp³-hybridized carbons (Fsp3) is 0.632. The summed E-state index contributed by atoms with van der Waals surface area (Å²) in [7, 11) is 0. The van der Waals surface area contributed by atoms with Crippen LogP contribution in [0.25, 0.3) is 0 Å². The SMILES string of the molecule is CC(NC1CC2CCC1(C)C2(C)C)c1ccc(C#N)cc1. The van der Waals surface area contributed by atoms with Crippen molar-refractivity contribution in [2.45, 2.75) is 59.0 Å². The van der Waals surface area contributed by atoms with Crippen molar-refractivity contribution >= 4 is 0 Å². The van der Waals surface area contributed by atoms with E-state index in [1.165, 1.54) is 24.8 Å². The standard InChI is InChI=1S/C19H26N2/c1-13(15-7-5-14(12-20)6-8-15)21-17-11-16-9-10-19(17,4)18(16,2)3/h5-8,13,16-17,21H,9-11H2,1-4H3. The van der Waals surface area contributed by atoms with E-state index < -0.39 is 0 Å². The van der Waals surface area contributed by atoms with Crippen molar-refractivity contribution in [1.82, 2.24) is 5.32 Å². The number of fused-ring (bicyclic) bond motifs is 2. The second-order valence-electron chi connectivity index (χ2n) is 7.79. The molecule has 4 atom stereocenters. The summed E-state index contributed by atoms with van der Waals surface area (Å²) in [5, 5.41) is 12.8. The van der Waals surface area contributed by atoms with Gasteiger partial charge in [-0.05, 0) is 60.6 Å². The van der Waals surface area contributed by atoms with Crippen LogP contribution in [0.3, 0.4) is 0 Å². The number of benzene rings is 1. The van der Waals surface area contributed by atoms with Gasteiger partial charge in [0.2, 0.25) is 0 Å². The Balaban J connectivity index is 1.74. The first-order valence-electron chi connectivity index (χ1n) is 8.14. The lowest BCUT2D eigenvalue weighted by atomic mass is 9.69. The molecule has 0 aromatic heterocycles. The van der Waals surface area contributed by atoms with Crippen LogP contribution in [0.1, 0.15) is 64.1 Å². The summed E-state index contributed by atoms with van der Waals surface area (Å²) in [5.41, 5.74) is 2.88. The molecule has 0 amide bonds. The van der Waals surface area contributed by atoms with Crippen LogP contribution in [0.15, 0.2) is 24.3 Å². The number of rotatable bonds is 3. The van der Waals surface area contributed by atoms with E-state index in [4.69, 9.17) is 5.26 Å². The Bertz CT molecular complexity index is 566. The van der Waals surface area contributed by atoms with E-state index in [0.29, 0.717) is 22.9 Å². The molecule has 1 N–H and O–H groups in total. The summed E-state index contributed by atoms with van der Waals surface area (Å²) in [5.74, 6) is 0.869. The zero-order chi connectivity index (χ0) is 15.3. The fourth-order valence-corrected chi connectivity index (χ4v) is 4.70. The summed E-state index contributed by atoms with van der Waals surface area (Å²) in [4.78, 5) is 0. The largest absolute Gasteiger partial charge is 0.307 e. The molecule has 0 heterocycles. The molecule has 0 spiro atoms. The van der Waals surface area contributed by atoms with Crippen molar-refractivity contribution in [1.29, 1.82) is 5.26 Å². The topological polar surface area (TPSA) is 35.8 Å². The van der Waals surface area contributed by atoms with Crippen LogP contribution in [0.2, 0.25) is 0 Å². The summed E-state index contributed by atoms with van der Waals surface area (Å²) in [6, 6.07) is 11.1. The zero-order valence-corrected chi connectivity index (χ0v) is 13.6. The molecule has 2 fully saturated rings. The molecule has 21 heavy (non-hydrogen) atoms. The van der Waals surface area contributed by atoms with Crippen LogP contribution < -0.4 is 5.32 Å². The molecule has 2 aliphatic rings. The minimum absolute atomic E-state index is 0.342. The van der Waals surface area contributed by atoms with Crippen molar-refractivity contribution in [3.05, 3.63) is 35.4 Å². The van der Waals surface area contributed by atoms with Gasteiger partial charge in [-0.3, -0.25) is 0 Å². The van der Waals surface area contributed by atoms with Crippen molar-refractivity contribution in [2.24, 2.45) is 16.7 Å². The van der Waals surface area contributed by atoms with Crippen LogP contribution in [0.5, 0.6) is 0 Å². The van der Waals surface area contributed by atoms with Crippen molar-refractivity contribution in [3.63, 3.8) is 0 Å². The van der Waals surface area contributed by atoms with Gasteiger partial charge < -0.3 is 5.32 Å². The number of nitrogens with one attached hydrogen (secondary N) is 1. The minimum Gasteiger partial charge on any atom is -0.307 e. The van der Waals surface area contributed by atoms with Gasteiger partial charge in [0.15, 0.2) is 0 Å². The lowest BCUT2D eigenvalue weighted by Gasteiger charge is -2.40. The molecule has 2 saturated carbocycles. The molecule has 2 aliphatic carbocycles. The Morgan fingerprint density at radius 1 is 1.24 bits per heavy atom. The highest BCUT2D eigenvalue weighted by Gasteiger charge is 2.61. The lowest BCUT2D eigenvalue weighted by molar-refractivity contribution is 0.116. The van der Waals surface area contributed by atoms with Crippen LogP contribution in [-0.2, 0) is 0 Å². The summed E-state index contributed by atoms with van der Waals surface area (Å²) in [6.45, 7) is 9.63. The molecule has 2 bridgehead atoms. The smallest absolute Gasteiger partial charge is 0.0991 e. The number of hydrogen-bond acceptors (Lipinski definition) is 2. The molecule has 1 aromatic rings. The first kappa shape index (κ1) is 14.6. The number of nitriles is 1. The van der Waals surface area contributed by atoms with Crippen molar-refractivity contribution in [3.8, 4) is 6.07 Å². The van der Waals surface area contributed by atoms with Crippen LogP contribution in [-0.4, -0.2) is 6.04 Å². The first-order chi connectivity index (χ1) is 9.88. The molecular formula is C19H26N2. The van der Waals surface area contributed by atoms with E-state index in [9.17, 15) is 0 Å². The van der Waals surface area contributed by atoms with E-state index >= 15 is 0 Å². The van der Waals surface area contributed by atoms with E-state index in [0.717, 1.165) is 11.5 Å². The Morgan fingerprint density at radius 2 is 1.90 bits per heavy atom. The van der Waals surface area contributed by atoms with Crippen molar-refractivity contribution < 1.29 is 0 Å². The van der Waals surface area contributed by atoms with E-state index in [2.05, 4.69) is 51.2 Å². The van der Waals surface area contributed by atoms with Gasteiger partial charge in [0.1, 0.15) is 0 Å². The number of hydrogen-bond donors (Lipinski definition) is 1. The average molecular weight is 282 g/mol. The highest BCUT2D eigenvalue weighted by atomic mass is 15.0. The molecule has 2 heteroatoms. The molecule has 3 rings (SSSR count). The van der Waals surface area contributed by atoms with E-state index in [1.54, 1.807) is 0 Å². The van der Waals surface area contributed by atoms with Crippen LogP contribution in [0, 0.1) is 28.1 Å². The third kappa shape index (κ3) is 2.10. The maximum atomic E-state index is 8.89. The van der Waals surface area contributed by atoms with Crippen molar-refractivity contribution in [2.75, 3.05) is 0 Å². The summed E-state index contributed by atoms with van der Waals surface area (Å²) < 4.78 is 0. The Labute approximate surface area is 128 Å². The van der Waals surface area contributed by atoms with Gasteiger partial charge in [-0.2, -0.15) is 5.26 Å². The van der Waals surface area contributed by atoms with Gasteiger partial charge in [-0.15, -0.1) is 0 Å². The minimum atomic E-state index is 0.342. The molecule has 0 aliphatic heterocycles. The number of nitrogens with zero attached hydrogens (tertiary/aromatic N) is 1. The van der Waals surface area contributed by atoms with Gasteiger partial charge in [0.05, 0.1) is 11.6 Å². The highest BCUT2D eigenvalue weighted by Crippen LogP contribution is 2.65. The van der Waals surface area contributed by atoms with Gasteiger partial charge in [-0.25, -0.2) is 0 Å². The maximum absolute atomic E-state index is 8.89. The molecular weight excluding hydrogens is 256 g/mol. The van der Waals surface area contributed by atoms with Gasteiger partial charge in [0, 0.05) is 12.1 Å². The average Bonchev–Trinajstić information content (AvgIpc) is 2.80. The van der Waals surface area contributed by atoms with Gasteiger partial charge in [0.25, 0.3) is 0 Å². The Kier molecular flexibility index (Phi) is 3.37. The summed E-state index contributed by atoms with van der Waals surface area (Å²) >= 11 is 0. The summed E-state index contributed by atoms with van der Waals surface area (Å²) in [6.07, 6.45) is 4.06. The second kappa shape index (κ2) is 4.85. The normalized spacial score (nSPS) is 34.6. The fourth-order valence-electron chi connectivity index (χ4n) is 4.70. The van der Waals surface area contributed by atoms with Crippen LogP contribution >= 0.6 is 0 Å². The molecule has 0 saturated heterocycles. The molecule has 2 nitrogen and oxygen atoms in total. The third-order valence-corrected chi connectivity index (χ3v) is 6.78. The third-order valence-electron chi connectivity index (χ3n) is 6.78. The van der Waals surface area contributed by atoms with E-state index in [-0.39, 0.29) is 0 Å². The quantitative estimate of drug-likeness (QED) is 0.890.